The van der Waals surface area contributed by atoms with Crippen LogP contribution in [0.15, 0.2) is 41.7 Å². The third-order valence-electron chi connectivity index (χ3n) is 9.26. The fourth-order valence-electron chi connectivity index (χ4n) is 7.10. The minimum atomic E-state index is -0.693. The number of fused-ring (bicyclic) bond motifs is 1. The SMILES string of the molecule is CC(C)C[C@H](NC(=O)C1CC(c2nccc3ccccc23)=NO1)B1O[C@@H]2C[C@@H]3C[C@@H](C3(C)C)[C@]2(C)O1. The number of hydrogen-bond donors (Lipinski definition) is 1. The lowest BCUT2D eigenvalue weighted by molar-refractivity contribution is -0.199. The zero-order chi connectivity index (χ0) is 25.2. The second-order valence-corrected chi connectivity index (χ2v) is 12.3. The van der Waals surface area contributed by atoms with Crippen LogP contribution in [0, 0.1) is 23.2 Å². The van der Waals surface area contributed by atoms with Crippen molar-refractivity contribution in [3.8, 4) is 0 Å². The van der Waals surface area contributed by atoms with E-state index < -0.39 is 13.2 Å². The Bertz CT molecular complexity index is 1210. The van der Waals surface area contributed by atoms with Gasteiger partial charge in [0.25, 0.3) is 5.91 Å². The van der Waals surface area contributed by atoms with E-state index in [1.165, 1.54) is 6.42 Å². The van der Waals surface area contributed by atoms with E-state index in [0.29, 0.717) is 29.9 Å². The van der Waals surface area contributed by atoms with Gasteiger partial charge in [-0.05, 0) is 60.8 Å². The molecule has 1 N–H and O–H groups in total. The minimum absolute atomic E-state index is 0.0842. The first-order chi connectivity index (χ1) is 17.2. The van der Waals surface area contributed by atoms with Crippen LogP contribution in [0.4, 0.5) is 0 Å². The smallest absolute Gasteiger partial charge is 0.404 e. The molecule has 0 spiro atoms. The van der Waals surface area contributed by atoms with Gasteiger partial charge in [-0.3, -0.25) is 9.78 Å². The maximum Gasteiger partial charge on any atom is 0.481 e. The zero-order valence-electron chi connectivity index (χ0n) is 21.9. The molecule has 2 aliphatic heterocycles. The van der Waals surface area contributed by atoms with Crippen molar-refractivity contribution in [2.45, 2.75) is 84.1 Å². The summed E-state index contributed by atoms with van der Waals surface area (Å²) in [5, 5.41) is 9.56. The van der Waals surface area contributed by atoms with Gasteiger partial charge in [-0.2, -0.15) is 0 Å². The summed E-state index contributed by atoms with van der Waals surface area (Å²) in [6.07, 6.45) is 4.54. The normalized spacial score (nSPS) is 33.1. The van der Waals surface area contributed by atoms with E-state index in [0.717, 1.165) is 29.3 Å². The molecule has 7 rings (SSSR count). The summed E-state index contributed by atoms with van der Waals surface area (Å²) < 4.78 is 13.2. The van der Waals surface area contributed by atoms with E-state index in [1.54, 1.807) is 6.20 Å². The van der Waals surface area contributed by atoms with E-state index >= 15 is 0 Å². The highest BCUT2D eigenvalue weighted by atomic mass is 16.7. The average molecular weight is 489 g/mol. The summed E-state index contributed by atoms with van der Waals surface area (Å²) in [5.41, 5.74) is 1.44. The summed E-state index contributed by atoms with van der Waals surface area (Å²) in [6, 6.07) is 10.0. The van der Waals surface area contributed by atoms with Crippen molar-refractivity contribution >= 4 is 29.5 Å². The summed E-state index contributed by atoms with van der Waals surface area (Å²) in [6.45, 7) is 11.2. The predicted molar refractivity (Wildman–Crippen MR) is 139 cm³/mol. The number of amides is 1. The van der Waals surface area contributed by atoms with Crippen LogP contribution < -0.4 is 5.32 Å². The number of nitrogens with zero attached hydrogens (tertiary/aromatic N) is 2. The van der Waals surface area contributed by atoms with Crippen molar-refractivity contribution < 1.29 is 18.9 Å². The monoisotopic (exact) mass is 489 g/mol. The molecule has 4 fully saturated rings. The number of carbonyl (C=O) groups is 1. The van der Waals surface area contributed by atoms with Gasteiger partial charge in [-0.15, -0.1) is 0 Å². The first-order valence-corrected chi connectivity index (χ1v) is 13.4. The van der Waals surface area contributed by atoms with Gasteiger partial charge >= 0.3 is 7.12 Å². The molecular formula is C28H36BN3O4. The highest BCUT2D eigenvalue weighted by molar-refractivity contribution is 6.48. The summed E-state index contributed by atoms with van der Waals surface area (Å²) in [5.74, 6) is 1.11. The summed E-state index contributed by atoms with van der Waals surface area (Å²) >= 11 is 0. The third-order valence-corrected chi connectivity index (χ3v) is 9.26. The molecule has 7 nitrogen and oxygen atoms in total. The molecule has 36 heavy (non-hydrogen) atoms. The van der Waals surface area contributed by atoms with Crippen LogP contribution in [0.1, 0.15) is 66.0 Å². The first-order valence-electron chi connectivity index (χ1n) is 13.4. The van der Waals surface area contributed by atoms with Crippen LogP contribution in [0.25, 0.3) is 10.8 Å². The fraction of sp³-hybridized carbons (Fsp3) is 0.607. The van der Waals surface area contributed by atoms with Crippen LogP contribution in [0.3, 0.4) is 0 Å². The van der Waals surface area contributed by atoms with Crippen molar-refractivity contribution in [2.75, 3.05) is 0 Å². The zero-order valence-corrected chi connectivity index (χ0v) is 21.9. The predicted octanol–water partition coefficient (Wildman–Crippen LogP) is 4.53. The van der Waals surface area contributed by atoms with Gasteiger partial charge in [0, 0.05) is 18.0 Å². The quantitative estimate of drug-likeness (QED) is 0.604. The summed E-state index contributed by atoms with van der Waals surface area (Å²) in [7, 11) is -0.456. The molecule has 1 aromatic carbocycles. The van der Waals surface area contributed by atoms with E-state index in [2.05, 4.69) is 50.1 Å². The number of pyridine rings is 1. The number of rotatable bonds is 6. The van der Waals surface area contributed by atoms with Gasteiger partial charge in [0.15, 0.2) is 0 Å². The molecular weight excluding hydrogens is 453 g/mol. The lowest BCUT2D eigenvalue weighted by Gasteiger charge is -2.64. The van der Waals surface area contributed by atoms with Gasteiger partial charge < -0.3 is 19.5 Å². The molecule has 0 radical (unpaired) electrons. The van der Waals surface area contributed by atoms with Gasteiger partial charge in [-0.1, -0.05) is 57.1 Å². The maximum absolute atomic E-state index is 13.4. The molecule has 3 heterocycles. The lowest BCUT2D eigenvalue weighted by Crippen LogP contribution is -2.65. The van der Waals surface area contributed by atoms with E-state index in [9.17, 15) is 4.79 Å². The molecule has 6 atom stereocenters. The van der Waals surface area contributed by atoms with Crippen LogP contribution in [-0.4, -0.2) is 47.5 Å². The Morgan fingerprint density at radius 2 is 2.00 bits per heavy atom. The molecule has 5 aliphatic rings. The molecule has 1 aromatic heterocycles. The van der Waals surface area contributed by atoms with Crippen molar-refractivity contribution in [1.82, 2.24) is 10.3 Å². The highest BCUT2D eigenvalue weighted by Gasteiger charge is 2.68. The Balaban J connectivity index is 1.15. The molecule has 3 aliphatic carbocycles. The van der Waals surface area contributed by atoms with Crippen molar-refractivity contribution in [3.05, 3.63) is 42.2 Å². The molecule has 2 bridgehead atoms. The van der Waals surface area contributed by atoms with E-state index in [4.69, 9.17) is 14.1 Å². The van der Waals surface area contributed by atoms with E-state index in [-0.39, 0.29) is 29.0 Å². The number of aromatic nitrogens is 1. The second kappa shape index (κ2) is 8.56. The van der Waals surface area contributed by atoms with Gasteiger partial charge in [0.05, 0.1) is 23.3 Å². The highest BCUT2D eigenvalue weighted by Crippen LogP contribution is 2.65. The molecule has 190 valence electrons. The third kappa shape index (κ3) is 3.76. The van der Waals surface area contributed by atoms with Crippen LogP contribution in [0.5, 0.6) is 0 Å². The largest absolute Gasteiger partial charge is 0.481 e. The van der Waals surface area contributed by atoms with Gasteiger partial charge in [0.1, 0.15) is 5.71 Å². The van der Waals surface area contributed by atoms with Crippen molar-refractivity contribution in [2.24, 2.45) is 28.3 Å². The Hall–Kier alpha value is -2.45. The first kappa shape index (κ1) is 23.9. The molecule has 1 unspecified atom stereocenters. The number of nitrogens with one attached hydrogen (secondary N) is 1. The fourth-order valence-corrected chi connectivity index (χ4v) is 7.10. The molecule has 1 saturated heterocycles. The van der Waals surface area contributed by atoms with Crippen LogP contribution >= 0.6 is 0 Å². The average Bonchev–Trinajstić information content (AvgIpc) is 3.47. The van der Waals surface area contributed by atoms with E-state index in [1.807, 2.05) is 30.3 Å². The van der Waals surface area contributed by atoms with Crippen LogP contribution in [-0.2, 0) is 18.9 Å². The van der Waals surface area contributed by atoms with Crippen LogP contribution in [0.2, 0.25) is 0 Å². The second-order valence-electron chi connectivity index (χ2n) is 12.3. The molecule has 2 aromatic rings. The van der Waals surface area contributed by atoms with Crippen molar-refractivity contribution in [3.63, 3.8) is 0 Å². The molecule has 3 saturated carbocycles. The number of benzene rings is 1. The molecule has 8 heteroatoms. The minimum Gasteiger partial charge on any atom is -0.404 e. The Morgan fingerprint density at radius 1 is 1.19 bits per heavy atom. The Morgan fingerprint density at radius 3 is 2.78 bits per heavy atom. The molecule has 1 amide bonds. The van der Waals surface area contributed by atoms with Gasteiger partial charge in [0.2, 0.25) is 6.10 Å². The number of oxime groups is 1. The Kier molecular flexibility index (Phi) is 5.69. The number of hydrogen-bond acceptors (Lipinski definition) is 6. The Labute approximate surface area is 213 Å². The summed E-state index contributed by atoms with van der Waals surface area (Å²) in [4.78, 5) is 23.5. The standard InChI is InChI=1S/C28H36BN3O4/c1-16(2)12-24(29-34-23-14-18-13-22(27(18,3)4)28(23,5)36-29)31-26(33)21-15-20(32-35-21)25-19-9-7-6-8-17(19)10-11-30-25/h6-11,16,18,21-24H,12-15H2,1-5H3,(H,31,33)/t18-,21?,22-,23+,24-,28-/m0/s1. The number of carbonyl (C=O) groups excluding carboxylic acids is 1. The maximum atomic E-state index is 13.4. The van der Waals surface area contributed by atoms with Gasteiger partial charge in [-0.25, -0.2) is 0 Å². The van der Waals surface area contributed by atoms with Crippen molar-refractivity contribution in [1.29, 1.82) is 0 Å². The lowest BCUT2D eigenvalue weighted by atomic mass is 9.43. The topological polar surface area (TPSA) is 82.0 Å².